The number of hydrogen-bond acceptors (Lipinski definition) is 4. The SMILES string of the molecule is CCOC(=O)c1c(C)n(CCCN2CCOCC2)c2ccccc12. The van der Waals surface area contributed by atoms with Crippen molar-refractivity contribution in [3.05, 3.63) is 35.5 Å². The van der Waals surface area contributed by atoms with E-state index in [1.807, 2.05) is 32.0 Å². The Balaban J connectivity index is 1.79. The molecular weight excluding hydrogens is 304 g/mol. The van der Waals surface area contributed by atoms with Crippen LogP contribution in [0, 0.1) is 6.92 Å². The summed E-state index contributed by atoms with van der Waals surface area (Å²) in [6, 6.07) is 8.09. The number of ether oxygens (including phenoxy) is 2. The van der Waals surface area contributed by atoms with Crippen molar-refractivity contribution in [2.45, 2.75) is 26.8 Å². The van der Waals surface area contributed by atoms with Gasteiger partial charge in [-0.25, -0.2) is 4.79 Å². The standard InChI is InChI=1S/C19H26N2O3/c1-3-24-19(22)18-15(2)21(17-8-5-4-7-16(17)18)10-6-9-20-11-13-23-14-12-20/h4-5,7-8H,3,6,9-14H2,1-2H3. The van der Waals surface area contributed by atoms with E-state index < -0.39 is 0 Å². The van der Waals surface area contributed by atoms with Crippen LogP contribution < -0.4 is 0 Å². The van der Waals surface area contributed by atoms with Crippen LogP contribution in [-0.4, -0.2) is 54.9 Å². The summed E-state index contributed by atoms with van der Waals surface area (Å²) >= 11 is 0. The first-order valence-corrected chi connectivity index (χ1v) is 8.77. The second-order valence-corrected chi connectivity index (χ2v) is 6.16. The summed E-state index contributed by atoms with van der Waals surface area (Å²) in [4.78, 5) is 14.8. The van der Waals surface area contributed by atoms with Gasteiger partial charge in [0.25, 0.3) is 0 Å². The molecule has 0 unspecified atom stereocenters. The smallest absolute Gasteiger partial charge is 0.340 e. The molecule has 0 amide bonds. The van der Waals surface area contributed by atoms with Gasteiger partial charge in [0, 0.05) is 42.8 Å². The van der Waals surface area contributed by atoms with Crippen molar-refractivity contribution in [1.29, 1.82) is 0 Å². The second kappa shape index (κ2) is 7.81. The van der Waals surface area contributed by atoms with Gasteiger partial charge in [0.15, 0.2) is 0 Å². The number of benzene rings is 1. The average Bonchev–Trinajstić information content (AvgIpc) is 2.88. The van der Waals surface area contributed by atoms with Crippen LogP contribution in [0.4, 0.5) is 0 Å². The van der Waals surface area contributed by atoms with Crippen LogP contribution >= 0.6 is 0 Å². The molecular formula is C19H26N2O3. The number of carbonyl (C=O) groups is 1. The minimum absolute atomic E-state index is 0.224. The van der Waals surface area contributed by atoms with Gasteiger partial charge in [-0.3, -0.25) is 4.90 Å². The molecule has 0 N–H and O–H groups in total. The van der Waals surface area contributed by atoms with Gasteiger partial charge in [0.2, 0.25) is 0 Å². The lowest BCUT2D eigenvalue weighted by atomic mass is 10.1. The Hall–Kier alpha value is -1.85. The topological polar surface area (TPSA) is 43.7 Å². The van der Waals surface area contributed by atoms with Gasteiger partial charge < -0.3 is 14.0 Å². The highest BCUT2D eigenvalue weighted by atomic mass is 16.5. The molecule has 5 nitrogen and oxygen atoms in total. The van der Waals surface area contributed by atoms with Crippen molar-refractivity contribution in [1.82, 2.24) is 9.47 Å². The van der Waals surface area contributed by atoms with Gasteiger partial charge in [-0.2, -0.15) is 0 Å². The van der Waals surface area contributed by atoms with E-state index in [9.17, 15) is 4.79 Å². The lowest BCUT2D eigenvalue weighted by Crippen LogP contribution is -2.37. The highest BCUT2D eigenvalue weighted by molar-refractivity contribution is 6.05. The Kier molecular flexibility index (Phi) is 5.53. The molecule has 1 aliphatic rings. The van der Waals surface area contributed by atoms with Gasteiger partial charge in [-0.1, -0.05) is 18.2 Å². The number of fused-ring (bicyclic) bond motifs is 1. The van der Waals surface area contributed by atoms with Gasteiger partial charge in [0.05, 0.1) is 25.4 Å². The lowest BCUT2D eigenvalue weighted by molar-refractivity contribution is 0.0369. The lowest BCUT2D eigenvalue weighted by Gasteiger charge is -2.26. The number of esters is 1. The van der Waals surface area contributed by atoms with Crippen LogP contribution in [0.3, 0.4) is 0 Å². The highest BCUT2D eigenvalue weighted by Crippen LogP contribution is 2.27. The van der Waals surface area contributed by atoms with Crippen LogP contribution in [0.5, 0.6) is 0 Å². The van der Waals surface area contributed by atoms with E-state index >= 15 is 0 Å². The summed E-state index contributed by atoms with van der Waals surface area (Å²) in [5.41, 5.74) is 2.82. The third kappa shape index (κ3) is 3.47. The van der Waals surface area contributed by atoms with E-state index in [4.69, 9.17) is 9.47 Å². The molecule has 1 fully saturated rings. The molecule has 0 aliphatic carbocycles. The number of morpholine rings is 1. The van der Waals surface area contributed by atoms with Crippen molar-refractivity contribution in [2.75, 3.05) is 39.5 Å². The molecule has 0 saturated carbocycles. The number of para-hydroxylation sites is 1. The fraction of sp³-hybridized carbons (Fsp3) is 0.526. The van der Waals surface area contributed by atoms with Crippen LogP contribution in [0.15, 0.2) is 24.3 Å². The molecule has 2 aromatic rings. The zero-order valence-corrected chi connectivity index (χ0v) is 14.6. The van der Waals surface area contributed by atoms with Crippen LogP contribution in [0.1, 0.15) is 29.4 Å². The molecule has 24 heavy (non-hydrogen) atoms. The van der Waals surface area contributed by atoms with Crippen molar-refractivity contribution >= 4 is 16.9 Å². The summed E-state index contributed by atoms with van der Waals surface area (Å²) in [6.07, 6.45) is 1.06. The fourth-order valence-corrected chi connectivity index (χ4v) is 3.46. The molecule has 0 bridgehead atoms. The van der Waals surface area contributed by atoms with E-state index in [2.05, 4.69) is 15.5 Å². The molecule has 0 spiro atoms. The number of aryl methyl sites for hydroxylation is 1. The van der Waals surface area contributed by atoms with E-state index in [-0.39, 0.29) is 5.97 Å². The van der Waals surface area contributed by atoms with E-state index in [0.29, 0.717) is 12.2 Å². The Bertz CT molecular complexity index is 702. The van der Waals surface area contributed by atoms with Crippen molar-refractivity contribution in [3.8, 4) is 0 Å². The van der Waals surface area contributed by atoms with Crippen LogP contribution in [0.2, 0.25) is 0 Å². The maximum atomic E-state index is 12.4. The van der Waals surface area contributed by atoms with Crippen LogP contribution in [-0.2, 0) is 16.0 Å². The number of rotatable bonds is 6. The Morgan fingerprint density at radius 3 is 2.71 bits per heavy atom. The summed E-state index contributed by atoms with van der Waals surface area (Å²) in [7, 11) is 0. The summed E-state index contributed by atoms with van der Waals surface area (Å²) in [6.45, 7) is 9.91. The maximum Gasteiger partial charge on any atom is 0.340 e. The van der Waals surface area contributed by atoms with Gasteiger partial charge in [-0.15, -0.1) is 0 Å². The minimum Gasteiger partial charge on any atom is -0.462 e. The largest absolute Gasteiger partial charge is 0.462 e. The first-order chi connectivity index (χ1) is 11.7. The van der Waals surface area contributed by atoms with Crippen LogP contribution in [0.25, 0.3) is 10.9 Å². The monoisotopic (exact) mass is 330 g/mol. The quantitative estimate of drug-likeness (QED) is 0.764. The summed E-state index contributed by atoms with van der Waals surface area (Å²) in [5, 5.41) is 0.986. The molecule has 1 saturated heterocycles. The highest BCUT2D eigenvalue weighted by Gasteiger charge is 2.20. The van der Waals surface area contributed by atoms with E-state index in [0.717, 1.165) is 62.4 Å². The molecule has 1 aliphatic heterocycles. The number of nitrogens with zero attached hydrogens (tertiary/aromatic N) is 2. The predicted octanol–water partition coefficient (Wildman–Crippen LogP) is 2.85. The Labute approximate surface area is 143 Å². The van der Waals surface area contributed by atoms with Gasteiger partial charge in [-0.05, 0) is 26.3 Å². The molecule has 5 heteroatoms. The van der Waals surface area contributed by atoms with Crippen molar-refractivity contribution in [2.24, 2.45) is 0 Å². The number of carbonyl (C=O) groups excluding carboxylic acids is 1. The molecule has 130 valence electrons. The molecule has 1 aromatic heterocycles. The number of hydrogen-bond donors (Lipinski definition) is 0. The molecule has 2 heterocycles. The number of aromatic nitrogens is 1. The van der Waals surface area contributed by atoms with Gasteiger partial charge in [0.1, 0.15) is 0 Å². The molecule has 3 rings (SSSR count). The zero-order valence-electron chi connectivity index (χ0n) is 14.6. The summed E-state index contributed by atoms with van der Waals surface area (Å²) < 4.78 is 12.9. The van der Waals surface area contributed by atoms with Crippen molar-refractivity contribution < 1.29 is 14.3 Å². The second-order valence-electron chi connectivity index (χ2n) is 6.16. The fourth-order valence-electron chi connectivity index (χ4n) is 3.46. The maximum absolute atomic E-state index is 12.4. The zero-order chi connectivity index (χ0) is 16.9. The summed E-state index contributed by atoms with van der Waals surface area (Å²) in [5.74, 6) is -0.224. The first kappa shape index (κ1) is 17.0. The van der Waals surface area contributed by atoms with E-state index in [1.165, 1.54) is 0 Å². The molecule has 1 aromatic carbocycles. The van der Waals surface area contributed by atoms with Gasteiger partial charge >= 0.3 is 5.97 Å². The predicted molar refractivity (Wildman–Crippen MR) is 94.5 cm³/mol. The Morgan fingerprint density at radius 1 is 1.21 bits per heavy atom. The van der Waals surface area contributed by atoms with Crippen molar-refractivity contribution in [3.63, 3.8) is 0 Å². The third-order valence-electron chi connectivity index (χ3n) is 4.67. The first-order valence-electron chi connectivity index (χ1n) is 8.77. The average molecular weight is 330 g/mol. The third-order valence-corrected chi connectivity index (χ3v) is 4.67. The normalized spacial score (nSPS) is 15.8. The Morgan fingerprint density at radius 2 is 1.96 bits per heavy atom. The van der Waals surface area contributed by atoms with E-state index in [1.54, 1.807) is 0 Å². The molecule has 0 atom stereocenters. The minimum atomic E-state index is -0.224. The molecule has 0 radical (unpaired) electrons.